The summed E-state index contributed by atoms with van der Waals surface area (Å²) in [5.41, 5.74) is 3.76. The van der Waals surface area contributed by atoms with Crippen LogP contribution in [0, 0.1) is 0 Å². The van der Waals surface area contributed by atoms with Crippen molar-refractivity contribution in [3.63, 3.8) is 0 Å². The standard InChI is InChI=1S/C21H22N4O/c1-25(2)19-11-8-17(9-12-19)23-20-13-10-18(15-22-20)24-21(26)14-16-6-4-3-5-7-16/h3-13,15H,14H2,1-2H3,(H,22,23)(H,24,26). The van der Waals surface area contributed by atoms with Crippen LogP contribution in [-0.4, -0.2) is 25.0 Å². The van der Waals surface area contributed by atoms with Crippen molar-refractivity contribution in [2.24, 2.45) is 0 Å². The molecule has 0 fully saturated rings. The van der Waals surface area contributed by atoms with Gasteiger partial charge in [0.2, 0.25) is 5.91 Å². The summed E-state index contributed by atoms with van der Waals surface area (Å²) in [5.74, 6) is 0.668. The van der Waals surface area contributed by atoms with Crippen molar-refractivity contribution in [3.8, 4) is 0 Å². The Kier molecular flexibility index (Phi) is 5.49. The van der Waals surface area contributed by atoms with E-state index >= 15 is 0 Å². The molecule has 2 N–H and O–H groups in total. The van der Waals surface area contributed by atoms with E-state index in [9.17, 15) is 4.79 Å². The van der Waals surface area contributed by atoms with E-state index in [0.717, 1.165) is 22.8 Å². The maximum Gasteiger partial charge on any atom is 0.228 e. The van der Waals surface area contributed by atoms with Crippen molar-refractivity contribution in [1.29, 1.82) is 0 Å². The van der Waals surface area contributed by atoms with Crippen LogP contribution in [0.3, 0.4) is 0 Å². The number of hydrogen-bond donors (Lipinski definition) is 2. The number of benzene rings is 2. The highest BCUT2D eigenvalue weighted by Crippen LogP contribution is 2.19. The summed E-state index contributed by atoms with van der Waals surface area (Å²) in [4.78, 5) is 18.5. The Morgan fingerprint density at radius 2 is 1.62 bits per heavy atom. The molecule has 0 aliphatic heterocycles. The van der Waals surface area contributed by atoms with E-state index in [4.69, 9.17) is 0 Å². The van der Waals surface area contributed by atoms with Crippen LogP contribution in [0.5, 0.6) is 0 Å². The summed E-state index contributed by atoms with van der Waals surface area (Å²) in [6.07, 6.45) is 2.00. The molecule has 2 aromatic carbocycles. The molecule has 1 aromatic heterocycles. The monoisotopic (exact) mass is 346 g/mol. The van der Waals surface area contributed by atoms with Crippen LogP contribution in [0.2, 0.25) is 0 Å². The first-order chi connectivity index (χ1) is 12.6. The molecule has 26 heavy (non-hydrogen) atoms. The maximum absolute atomic E-state index is 12.1. The smallest absolute Gasteiger partial charge is 0.228 e. The van der Waals surface area contributed by atoms with Crippen molar-refractivity contribution in [3.05, 3.63) is 78.5 Å². The van der Waals surface area contributed by atoms with Crippen molar-refractivity contribution < 1.29 is 4.79 Å². The lowest BCUT2D eigenvalue weighted by molar-refractivity contribution is -0.115. The van der Waals surface area contributed by atoms with E-state index in [-0.39, 0.29) is 5.91 Å². The Hall–Kier alpha value is -3.34. The fourth-order valence-corrected chi connectivity index (χ4v) is 2.52. The first-order valence-electron chi connectivity index (χ1n) is 8.44. The van der Waals surface area contributed by atoms with E-state index in [1.807, 2.05) is 80.8 Å². The third-order valence-electron chi connectivity index (χ3n) is 3.91. The van der Waals surface area contributed by atoms with Crippen LogP contribution >= 0.6 is 0 Å². The van der Waals surface area contributed by atoms with Gasteiger partial charge in [-0.2, -0.15) is 0 Å². The summed E-state index contributed by atoms with van der Waals surface area (Å²) < 4.78 is 0. The number of rotatable bonds is 6. The first-order valence-corrected chi connectivity index (χ1v) is 8.44. The molecule has 0 aliphatic carbocycles. The number of carbonyl (C=O) groups is 1. The van der Waals surface area contributed by atoms with Crippen LogP contribution in [0.15, 0.2) is 72.9 Å². The van der Waals surface area contributed by atoms with Crippen LogP contribution in [0.1, 0.15) is 5.56 Å². The molecule has 3 aromatic rings. The lowest BCUT2D eigenvalue weighted by Crippen LogP contribution is -2.14. The van der Waals surface area contributed by atoms with E-state index < -0.39 is 0 Å². The van der Waals surface area contributed by atoms with Gasteiger partial charge in [0.05, 0.1) is 18.3 Å². The number of pyridine rings is 1. The van der Waals surface area contributed by atoms with E-state index in [1.54, 1.807) is 6.20 Å². The summed E-state index contributed by atoms with van der Waals surface area (Å²) in [7, 11) is 4.02. The number of aromatic nitrogens is 1. The predicted molar refractivity (Wildman–Crippen MR) is 107 cm³/mol. The summed E-state index contributed by atoms with van der Waals surface area (Å²) in [6, 6.07) is 21.4. The van der Waals surface area contributed by atoms with E-state index in [2.05, 4.69) is 20.5 Å². The molecular weight excluding hydrogens is 324 g/mol. The molecule has 0 bridgehead atoms. The largest absolute Gasteiger partial charge is 0.378 e. The zero-order chi connectivity index (χ0) is 18.4. The lowest BCUT2D eigenvalue weighted by atomic mass is 10.1. The Balaban J connectivity index is 1.57. The van der Waals surface area contributed by atoms with Gasteiger partial charge in [0.25, 0.3) is 0 Å². The molecule has 3 rings (SSSR count). The molecule has 1 amide bonds. The van der Waals surface area contributed by atoms with Gasteiger partial charge in [0.1, 0.15) is 5.82 Å². The molecule has 0 saturated heterocycles. The third-order valence-corrected chi connectivity index (χ3v) is 3.91. The van der Waals surface area contributed by atoms with Crippen molar-refractivity contribution in [1.82, 2.24) is 4.98 Å². The molecule has 0 aliphatic rings. The highest BCUT2D eigenvalue weighted by molar-refractivity contribution is 5.92. The Morgan fingerprint density at radius 3 is 2.23 bits per heavy atom. The average Bonchev–Trinajstić information content (AvgIpc) is 2.64. The molecule has 5 heteroatoms. The van der Waals surface area contributed by atoms with E-state index in [0.29, 0.717) is 12.1 Å². The minimum atomic E-state index is -0.0574. The first kappa shape index (κ1) is 17.5. The van der Waals surface area contributed by atoms with E-state index in [1.165, 1.54) is 0 Å². The lowest BCUT2D eigenvalue weighted by Gasteiger charge is -2.13. The molecule has 5 nitrogen and oxygen atoms in total. The van der Waals surface area contributed by atoms with Gasteiger partial charge in [-0.1, -0.05) is 30.3 Å². The highest BCUT2D eigenvalue weighted by Gasteiger charge is 2.05. The molecule has 0 radical (unpaired) electrons. The number of nitrogens with one attached hydrogen (secondary N) is 2. The number of carbonyl (C=O) groups excluding carboxylic acids is 1. The molecule has 0 saturated carbocycles. The molecule has 0 unspecified atom stereocenters. The highest BCUT2D eigenvalue weighted by atomic mass is 16.1. The van der Waals surface area contributed by atoms with Crippen LogP contribution in [0.25, 0.3) is 0 Å². The van der Waals surface area contributed by atoms with Gasteiger partial charge in [-0.15, -0.1) is 0 Å². The van der Waals surface area contributed by atoms with Crippen molar-refractivity contribution >= 4 is 28.8 Å². The van der Waals surface area contributed by atoms with Gasteiger partial charge < -0.3 is 15.5 Å². The molecule has 0 spiro atoms. The topological polar surface area (TPSA) is 57.3 Å². The molecular formula is C21H22N4O. The second-order valence-electron chi connectivity index (χ2n) is 6.21. The summed E-state index contributed by atoms with van der Waals surface area (Å²) >= 11 is 0. The SMILES string of the molecule is CN(C)c1ccc(Nc2ccc(NC(=O)Cc3ccccc3)cn2)cc1. The van der Waals surface area contributed by atoms with Crippen molar-refractivity contribution in [2.75, 3.05) is 29.6 Å². The fourth-order valence-electron chi connectivity index (χ4n) is 2.52. The van der Waals surface area contributed by atoms with Gasteiger partial charge in [-0.05, 0) is 42.0 Å². The minimum Gasteiger partial charge on any atom is -0.378 e. The summed E-state index contributed by atoms with van der Waals surface area (Å²) in [6.45, 7) is 0. The Labute approximate surface area is 153 Å². The molecule has 0 atom stereocenters. The van der Waals surface area contributed by atoms with Gasteiger partial charge in [-0.25, -0.2) is 4.98 Å². The number of amides is 1. The zero-order valence-electron chi connectivity index (χ0n) is 14.9. The molecule has 1 heterocycles. The fraction of sp³-hybridized carbons (Fsp3) is 0.143. The minimum absolute atomic E-state index is 0.0574. The normalized spacial score (nSPS) is 10.2. The summed E-state index contributed by atoms with van der Waals surface area (Å²) in [5, 5.41) is 6.11. The second-order valence-corrected chi connectivity index (χ2v) is 6.21. The van der Waals surface area contributed by atoms with Gasteiger partial charge in [0, 0.05) is 25.5 Å². The Bertz CT molecular complexity index is 843. The maximum atomic E-state index is 12.1. The Morgan fingerprint density at radius 1 is 0.923 bits per heavy atom. The van der Waals surface area contributed by atoms with Gasteiger partial charge in [0.15, 0.2) is 0 Å². The second kappa shape index (κ2) is 8.16. The molecule has 132 valence electrons. The number of anilines is 4. The van der Waals surface area contributed by atoms with Gasteiger partial charge >= 0.3 is 0 Å². The van der Waals surface area contributed by atoms with Crippen LogP contribution in [-0.2, 0) is 11.2 Å². The van der Waals surface area contributed by atoms with Gasteiger partial charge in [-0.3, -0.25) is 4.79 Å². The third kappa shape index (κ3) is 4.83. The van der Waals surface area contributed by atoms with Crippen LogP contribution in [0.4, 0.5) is 22.9 Å². The number of hydrogen-bond acceptors (Lipinski definition) is 4. The van der Waals surface area contributed by atoms with Crippen LogP contribution < -0.4 is 15.5 Å². The predicted octanol–water partition coefficient (Wildman–Crippen LogP) is 4.07. The van der Waals surface area contributed by atoms with Crippen molar-refractivity contribution in [2.45, 2.75) is 6.42 Å². The number of nitrogens with zero attached hydrogens (tertiary/aromatic N) is 2. The zero-order valence-corrected chi connectivity index (χ0v) is 14.9. The average molecular weight is 346 g/mol. The quantitative estimate of drug-likeness (QED) is 0.706.